The quantitative estimate of drug-likeness (QED) is 0.870. The lowest BCUT2D eigenvalue weighted by atomic mass is 9.87. The highest BCUT2D eigenvalue weighted by Crippen LogP contribution is 2.30. The van der Waals surface area contributed by atoms with E-state index in [-0.39, 0.29) is 11.8 Å². The van der Waals surface area contributed by atoms with Gasteiger partial charge in [-0.05, 0) is 61.7 Å². The average molecular weight is 349 g/mol. The van der Waals surface area contributed by atoms with Crippen LogP contribution in [0.4, 0.5) is 5.69 Å². The van der Waals surface area contributed by atoms with E-state index in [2.05, 4.69) is 16.3 Å². The molecule has 5 nitrogen and oxygen atoms in total. The van der Waals surface area contributed by atoms with Crippen LogP contribution in [0.2, 0.25) is 0 Å². The standard InChI is InChI=1S/C21H23N3O2/c22-14-16-6-8-19(9-7-16)23-20(25)15-24-12-10-18(11-13-24)21(26)17-4-2-1-3-5-17/h1-9,18,21,26H,10-13,15H2,(H,23,25). The first-order chi connectivity index (χ1) is 12.7. The van der Waals surface area contributed by atoms with Crippen LogP contribution in [-0.4, -0.2) is 35.5 Å². The molecular weight excluding hydrogens is 326 g/mol. The number of hydrogen-bond acceptors (Lipinski definition) is 4. The molecule has 0 saturated carbocycles. The van der Waals surface area contributed by atoms with Crippen molar-refractivity contribution in [2.45, 2.75) is 18.9 Å². The normalized spacial score (nSPS) is 16.6. The molecule has 1 aliphatic rings. The minimum absolute atomic E-state index is 0.0586. The molecule has 3 rings (SSSR count). The number of aliphatic hydroxyl groups is 1. The van der Waals surface area contributed by atoms with Crippen LogP contribution in [0.1, 0.15) is 30.1 Å². The maximum atomic E-state index is 12.2. The van der Waals surface area contributed by atoms with Crippen molar-refractivity contribution in [2.75, 3.05) is 25.0 Å². The largest absolute Gasteiger partial charge is 0.388 e. The van der Waals surface area contributed by atoms with E-state index in [1.807, 2.05) is 30.3 Å². The summed E-state index contributed by atoms with van der Waals surface area (Å²) in [5, 5.41) is 22.2. The van der Waals surface area contributed by atoms with E-state index in [1.165, 1.54) is 0 Å². The average Bonchev–Trinajstić information content (AvgIpc) is 2.69. The van der Waals surface area contributed by atoms with E-state index in [1.54, 1.807) is 24.3 Å². The number of likely N-dealkylation sites (tertiary alicyclic amines) is 1. The summed E-state index contributed by atoms with van der Waals surface area (Å²) in [6.07, 6.45) is 1.31. The van der Waals surface area contributed by atoms with Crippen molar-refractivity contribution in [3.05, 3.63) is 65.7 Å². The summed E-state index contributed by atoms with van der Waals surface area (Å²) in [6, 6.07) is 18.7. The first-order valence-corrected chi connectivity index (χ1v) is 8.91. The van der Waals surface area contributed by atoms with Crippen molar-refractivity contribution in [1.29, 1.82) is 5.26 Å². The molecule has 134 valence electrons. The van der Waals surface area contributed by atoms with E-state index in [4.69, 9.17) is 5.26 Å². The Kier molecular flexibility index (Phi) is 6.00. The number of benzene rings is 2. The van der Waals surface area contributed by atoms with E-state index >= 15 is 0 Å². The van der Waals surface area contributed by atoms with Crippen molar-refractivity contribution in [1.82, 2.24) is 4.90 Å². The Labute approximate surface area is 153 Å². The highest BCUT2D eigenvalue weighted by atomic mass is 16.3. The van der Waals surface area contributed by atoms with Gasteiger partial charge in [0.05, 0.1) is 24.3 Å². The monoisotopic (exact) mass is 349 g/mol. The molecule has 26 heavy (non-hydrogen) atoms. The number of piperidine rings is 1. The Bertz CT molecular complexity index is 760. The fourth-order valence-corrected chi connectivity index (χ4v) is 3.38. The summed E-state index contributed by atoms with van der Waals surface area (Å²) in [5.74, 6) is 0.173. The number of nitrogens with one attached hydrogen (secondary N) is 1. The van der Waals surface area contributed by atoms with Crippen LogP contribution >= 0.6 is 0 Å². The summed E-state index contributed by atoms with van der Waals surface area (Å²) in [6.45, 7) is 1.94. The van der Waals surface area contributed by atoms with Crippen LogP contribution in [0.25, 0.3) is 0 Å². The van der Waals surface area contributed by atoms with Gasteiger partial charge in [-0.25, -0.2) is 0 Å². The molecule has 1 aliphatic heterocycles. The summed E-state index contributed by atoms with van der Waals surface area (Å²) in [7, 11) is 0. The van der Waals surface area contributed by atoms with E-state index in [0.29, 0.717) is 17.8 Å². The summed E-state index contributed by atoms with van der Waals surface area (Å²) in [5.41, 5.74) is 2.23. The molecular formula is C21H23N3O2. The molecule has 0 radical (unpaired) electrons. The first-order valence-electron chi connectivity index (χ1n) is 8.91. The zero-order valence-corrected chi connectivity index (χ0v) is 14.6. The SMILES string of the molecule is N#Cc1ccc(NC(=O)CN2CCC(C(O)c3ccccc3)CC2)cc1. The number of nitriles is 1. The molecule has 1 unspecified atom stereocenters. The predicted octanol–water partition coefficient (Wildman–Crippen LogP) is 2.94. The number of amides is 1. The Balaban J connectivity index is 1.46. The van der Waals surface area contributed by atoms with Crippen molar-refractivity contribution in [3.63, 3.8) is 0 Å². The van der Waals surface area contributed by atoms with Gasteiger partial charge in [0, 0.05) is 5.69 Å². The summed E-state index contributed by atoms with van der Waals surface area (Å²) >= 11 is 0. The number of aliphatic hydroxyl groups excluding tert-OH is 1. The predicted molar refractivity (Wildman–Crippen MR) is 100 cm³/mol. The molecule has 1 fully saturated rings. The van der Waals surface area contributed by atoms with E-state index in [9.17, 15) is 9.90 Å². The molecule has 5 heteroatoms. The third-order valence-electron chi connectivity index (χ3n) is 4.88. The van der Waals surface area contributed by atoms with Crippen LogP contribution in [0, 0.1) is 17.2 Å². The van der Waals surface area contributed by atoms with Crippen molar-refractivity contribution in [3.8, 4) is 6.07 Å². The second-order valence-corrected chi connectivity index (χ2v) is 6.71. The lowest BCUT2D eigenvalue weighted by molar-refractivity contribution is -0.117. The molecule has 1 saturated heterocycles. The van der Waals surface area contributed by atoms with Gasteiger partial charge < -0.3 is 10.4 Å². The maximum absolute atomic E-state index is 12.2. The fourth-order valence-electron chi connectivity index (χ4n) is 3.38. The number of rotatable bonds is 5. The molecule has 1 atom stereocenters. The Morgan fingerprint density at radius 1 is 1.15 bits per heavy atom. The first kappa shape index (κ1) is 18.1. The smallest absolute Gasteiger partial charge is 0.238 e. The van der Waals surface area contributed by atoms with Gasteiger partial charge in [0.1, 0.15) is 0 Å². The zero-order chi connectivity index (χ0) is 18.4. The second-order valence-electron chi connectivity index (χ2n) is 6.71. The van der Waals surface area contributed by atoms with Crippen molar-refractivity contribution < 1.29 is 9.90 Å². The van der Waals surface area contributed by atoms with Gasteiger partial charge in [-0.2, -0.15) is 5.26 Å². The van der Waals surface area contributed by atoms with Gasteiger partial charge >= 0.3 is 0 Å². The van der Waals surface area contributed by atoms with Gasteiger partial charge in [-0.1, -0.05) is 30.3 Å². The Morgan fingerprint density at radius 2 is 1.81 bits per heavy atom. The maximum Gasteiger partial charge on any atom is 0.238 e. The highest BCUT2D eigenvalue weighted by molar-refractivity contribution is 5.92. The van der Waals surface area contributed by atoms with Gasteiger partial charge in [0.2, 0.25) is 5.91 Å². The molecule has 2 aromatic rings. The summed E-state index contributed by atoms with van der Waals surface area (Å²) < 4.78 is 0. The molecule has 1 amide bonds. The van der Waals surface area contributed by atoms with Gasteiger partial charge in [-0.3, -0.25) is 9.69 Å². The number of hydrogen-bond donors (Lipinski definition) is 2. The van der Waals surface area contributed by atoms with E-state index < -0.39 is 6.10 Å². The second kappa shape index (κ2) is 8.61. The van der Waals surface area contributed by atoms with Crippen LogP contribution in [0.15, 0.2) is 54.6 Å². The van der Waals surface area contributed by atoms with Crippen LogP contribution in [-0.2, 0) is 4.79 Å². The zero-order valence-electron chi connectivity index (χ0n) is 14.6. The molecule has 0 spiro atoms. The van der Waals surface area contributed by atoms with Crippen LogP contribution in [0.5, 0.6) is 0 Å². The van der Waals surface area contributed by atoms with Crippen LogP contribution in [0.3, 0.4) is 0 Å². The molecule has 0 aromatic heterocycles. The number of nitrogens with zero attached hydrogens (tertiary/aromatic N) is 2. The third-order valence-corrected chi connectivity index (χ3v) is 4.88. The molecule has 2 aromatic carbocycles. The summed E-state index contributed by atoms with van der Waals surface area (Å²) in [4.78, 5) is 14.3. The minimum atomic E-state index is -0.439. The van der Waals surface area contributed by atoms with Gasteiger partial charge in [-0.15, -0.1) is 0 Å². The number of carbonyl (C=O) groups excluding carboxylic acids is 1. The number of carbonyl (C=O) groups is 1. The van der Waals surface area contributed by atoms with Crippen molar-refractivity contribution in [2.24, 2.45) is 5.92 Å². The highest BCUT2D eigenvalue weighted by Gasteiger charge is 2.26. The Hall–Kier alpha value is -2.68. The lowest BCUT2D eigenvalue weighted by Gasteiger charge is -2.34. The third kappa shape index (κ3) is 4.69. The van der Waals surface area contributed by atoms with Gasteiger partial charge in [0.25, 0.3) is 0 Å². The molecule has 2 N–H and O–H groups in total. The van der Waals surface area contributed by atoms with E-state index in [0.717, 1.165) is 31.5 Å². The topological polar surface area (TPSA) is 76.4 Å². The van der Waals surface area contributed by atoms with Gasteiger partial charge in [0.15, 0.2) is 0 Å². The molecule has 0 bridgehead atoms. The lowest BCUT2D eigenvalue weighted by Crippen LogP contribution is -2.40. The fraction of sp³-hybridized carbons (Fsp3) is 0.333. The van der Waals surface area contributed by atoms with Crippen LogP contribution < -0.4 is 5.32 Å². The Morgan fingerprint density at radius 3 is 2.42 bits per heavy atom. The molecule has 0 aliphatic carbocycles. The van der Waals surface area contributed by atoms with Crippen molar-refractivity contribution >= 4 is 11.6 Å². The number of anilines is 1. The minimum Gasteiger partial charge on any atom is -0.388 e. The molecule has 1 heterocycles.